The van der Waals surface area contributed by atoms with Crippen molar-refractivity contribution in [3.63, 3.8) is 0 Å². The summed E-state index contributed by atoms with van der Waals surface area (Å²) in [5, 5.41) is 18.2. The average molecular weight is 267 g/mol. The number of benzene rings is 2. The molecule has 0 radical (unpaired) electrons. The van der Waals surface area contributed by atoms with Crippen LogP contribution in [0.2, 0.25) is 0 Å². The lowest BCUT2D eigenvalue weighted by molar-refractivity contribution is 0.103. The Balaban J connectivity index is 2.38. The third-order valence-corrected chi connectivity index (χ3v) is 2.69. The summed E-state index contributed by atoms with van der Waals surface area (Å²) < 4.78 is 13.5. The van der Waals surface area contributed by atoms with Crippen LogP contribution in [0.5, 0.6) is 5.75 Å². The highest BCUT2D eigenvalue weighted by Crippen LogP contribution is 2.17. The van der Waals surface area contributed by atoms with Crippen LogP contribution in [0.25, 0.3) is 6.08 Å². The Bertz CT molecular complexity index is 712. The molecule has 0 aliphatic heterocycles. The number of hydrogen-bond donors (Lipinski definition) is 1. The summed E-state index contributed by atoms with van der Waals surface area (Å²) in [6.07, 6.45) is 1.36. The molecule has 0 spiro atoms. The van der Waals surface area contributed by atoms with Crippen molar-refractivity contribution in [2.75, 3.05) is 0 Å². The molecule has 0 saturated heterocycles. The normalized spacial score (nSPS) is 10.9. The number of allylic oxidation sites excluding steroid dienone is 1. The molecule has 0 amide bonds. The zero-order chi connectivity index (χ0) is 14.5. The molecular formula is C16H10FNO2. The number of hydrogen-bond acceptors (Lipinski definition) is 3. The van der Waals surface area contributed by atoms with Gasteiger partial charge in [0.15, 0.2) is 0 Å². The summed E-state index contributed by atoms with van der Waals surface area (Å²) >= 11 is 0. The van der Waals surface area contributed by atoms with E-state index >= 15 is 0 Å². The molecule has 0 atom stereocenters. The topological polar surface area (TPSA) is 61.1 Å². The third kappa shape index (κ3) is 2.90. The second-order valence-corrected chi connectivity index (χ2v) is 4.07. The van der Waals surface area contributed by atoms with E-state index in [1.807, 2.05) is 0 Å². The molecule has 2 aromatic rings. The highest BCUT2D eigenvalue weighted by Gasteiger charge is 2.15. The molecular weight excluding hydrogens is 257 g/mol. The van der Waals surface area contributed by atoms with Crippen molar-refractivity contribution in [2.24, 2.45) is 0 Å². The molecule has 3 nitrogen and oxygen atoms in total. The van der Waals surface area contributed by atoms with E-state index in [0.29, 0.717) is 5.56 Å². The van der Waals surface area contributed by atoms with Gasteiger partial charge in [0.1, 0.15) is 23.2 Å². The van der Waals surface area contributed by atoms with Gasteiger partial charge in [-0.3, -0.25) is 4.79 Å². The van der Waals surface area contributed by atoms with Gasteiger partial charge in [0.25, 0.3) is 0 Å². The maximum absolute atomic E-state index is 13.5. The van der Waals surface area contributed by atoms with Gasteiger partial charge in [-0.2, -0.15) is 5.26 Å². The summed E-state index contributed by atoms with van der Waals surface area (Å²) in [4.78, 5) is 12.1. The first-order valence-corrected chi connectivity index (χ1v) is 5.82. The Morgan fingerprint density at radius 3 is 2.40 bits per heavy atom. The number of nitriles is 1. The first kappa shape index (κ1) is 13.5. The fraction of sp³-hybridized carbons (Fsp3) is 0. The van der Waals surface area contributed by atoms with E-state index < -0.39 is 11.6 Å². The van der Waals surface area contributed by atoms with Crippen LogP contribution >= 0.6 is 0 Å². The molecule has 0 aliphatic rings. The lowest BCUT2D eigenvalue weighted by Crippen LogP contribution is -2.04. The second kappa shape index (κ2) is 5.81. The molecule has 0 fully saturated rings. The van der Waals surface area contributed by atoms with E-state index in [0.717, 1.165) is 0 Å². The van der Waals surface area contributed by atoms with Crippen LogP contribution in [0.1, 0.15) is 15.9 Å². The van der Waals surface area contributed by atoms with Gasteiger partial charge < -0.3 is 5.11 Å². The van der Waals surface area contributed by atoms with Gasteiger partial charge in [-0.1, -0.05) is 24.3 Å². The molecule has 0 saturated carbocycles. The molecule has 0 bridgehead atoms. The molecule has 4 heteroatoms. The van der Waals surface area contributed by atoms with Crippen molar-refractivity contribution in [3.05, 3.63) is 71.0 Å². The van der Waals surface area contributed by atoms with Crippen LogP contribution in [0.4, 0.5) is 4.39 Å². The molecule has 0 aliphatic carbocycles. The minimum atomic E-state index is -0.668. The van der Waals surface area contributed by atoms with Gasteiger partial charge in [0, 0.05) is 0 Å². The van der Waals surface area contributed by atoms with E-state index in [1.54, 1.807) is 18.2 Å². The number of ketones is 1. The average Bonchev–Trinajstić information content (AvgIpc) is 2.46. The summed E-state index contributed by atoms with van der Waals surface area (Å²) in [5.41, 5.74) is 0.268. The lowest BCUT2D eigenvalue weighted by atomic mass is 10.0. The highest BCUT2D eigenvalue weighted by atomic mass is 19.1. The van der Waals surface area contributed by atoms with Crippen molar-refractivity contribution in [3.8, 4) is 11.8 Å². The second-order valence-electron chi connectivity index (χ2n) is 4.07. The molecule has 98 valence electrons. The van der Waals surface area contributed by atoms with E-state index in [1.165, 1.54) is 42.5 Å². The fourth-order valence-corrected chi connectivity index (χ4v) is 1.68. The molecule has 0 heterocycles. The number of phenolic OH excluding ortho intramolecular Hbond substituents is 1. The Morgan fingerprint density at radius 1 is 1.15 bits per heavy atom. The Hall–Kier alpha value is -2.93. The van der Waals surface area contributed by atoms with Crippen LogP contribution in [0, 0.1) is 17.1 Å². The van der Waals surface area contributed by atoms with Gasteiger partial charge in [-0.15, -0.1) is 0 Å². The number of Topliss-reactive ketones (excluding diaryl/α,β-unsaturated/α-hetero) is 1. The molecule has 1 N–H and O–H groups in total. The minimum absolute atomic E-state index is 0.0843. The number of carbonyl (C=O) groups is 1. The smallest absolute Gasteiger partial charge is 0.206 e. The van der Waals surface area contributed by atoms with Gasteiger partial charge in [-0.25, -0.2) is 4.39 Å². The summed E-state index contributed by atoms with van der Waals surface area (Å²) in [5.74, 6) is -1.25. The zero-order valence-electron chi connectivity index (χ0n) is 10.4. The lowest BCUT2D eigenvalue weighted by Gasteiger charge is -2.01. The molecule has 0 aromatic heterocycles. The monoisotopic (exact) mass is 267 g/mol. The minimum Gasteiger partial charge on any atom is -0.508 e. The maximum atomic E-state index is 13.5. The first-order chi connectivity index (χ1) is 9.61. The fourth-order valence-electron chi connectivity index (χ4n) is 1.68. The number of nitrogens with zero attached hydrogens (tertiary/aromatic N) is 1. The predicted octanol–water partition coefficient (Wildman–Crippen LogP) is 3.32. The van der Waals surface area contributed by atoms with Gasteiger partial charge in [-0.05, 0) is 35.9 Å². The summed E-state index contributed by atoms with van der Waals surface area (Å²) in [7, 11) is 0. The number of phenols is 1. The van der Waals surface area contributed by atoms with E-state index in [2.05, 4.69) is 0 Å². The van der Waals surface area contributed by atoms with Crippen molar-refractivity contribution in [1.82, 2.24) is 0 Å². The van der Waals surface area contributed by atoms with E-state index in [9.17, 15) is 9.18 Å². The van der Waals surface area contributed by atoms with Gasteiger partial charge in [0.05, 0.1) is 5.56 Å². The molecule has 20 heavy (non-hydrogen) atoms. The summed E-state index contributed by atoms with van der Waals surface area (Å²) in [6, 6.07) is 13.3. The largest absolute Gasteiger partial charge is 0.508 e. The Labute approximate surface area is 115 Å². The Morgan fingerprint density at radius 2 is 1.80 bits per heavy atom. The number of halogens is 1. The Kier molecular flexibility index (Phi) is 3.92. The van der Waals surface area contributed by atoms with Gasteiger partial charge >= 0.3 is 0 Å². The van der Waals surface area contributed by atoms with E-state index in [-0.39, 0.29) is 16.9 Å². The van der Waals surface area contributed by atoms with E-state index in [4.69, 9.17) is 10.4 Å². The van der Waals surface area contributed by atoms with Gasteiger partial charge in [0.2, 0.25) is 5.78 Å². The zero-order valence-corrected chi connectivity index (χ0v) is 10.4. The maximum Gasteiger partial charge on any atom is 0.206 e. The SMILES string of the molecule is N#C/C(=C\c1ccc(O)cc1)C(=O)c1ccccc1F. The van der Waals surface area contributed by atoms with Crippen LogP contribution in [0.15, 0.2) is 54.1 Å². The van der Waals surface area contributed by atoms with Crippen molar-refractivity contribution >= 4 is 11.9 Å². The third-order valence-electron chi connectivity index (χ3n) is 2.69. The quantitative estimate of drug-likeness (QED) is 0.527. The van der Waals surface area contributed by atoms with Crippen molar-refractivity contribution in [2.45, 2.75) is 0 Å². The first-order valence-electron chi connectivity index (χ1n) is 5.82. The number of carbonyl (C=O) groups excluding carboxylic acids is 1. The number of aromatic hydroxyl groups is 1. The molecule has 2 aromatic carbocycles. The van der Waals surface area contributed by atoms with Crippen molar-refractivity contribution < 1.29 is 14.3 Å². The number of rotatable bonds is 3. The van der Waals surface area contributed by atoms with Crippen molar-refractivity contribution in [1.29, 1.82) is 5.26 Å². The molecule has 0 unspecified atom stereocenters. The summed E-state index contributed by atoms with van der Waals surface area (Å²) in [6.45, 7) is 0. The predicted molar refractivity (Wildman–Crippen MR) is 72.4 cm³/mol. The standard InChI is InChI=1S/C16H10FNO2/c17-15-4-2-1-3-14(15)16(20)12(10-18)9-11-5-7-13(19)8-6-11/h1-9,19H/b12-9+. The van der Waals surface area contributed by atoms with Crippen LogP contribution in [-0.4, -0.2) is 10.9 Å². The van der Waals surface area contributed by atoms with Crippen LogP contribution in [-0.2, 0) is 0 Å². The molecule has 2 rings (SSSR count). The van der Waals surface area contributed by atoms with Crippen LogP contribution < -0.4 is 0 Å². The van der Waals surface area contributed by atoms with Crippen LogP contribution in [0.3, 0.4) is 0 Å². The highest BCUT2D eigenvalue weighted by molar-refractivity contribution is 6.14.